The minimum atomic E-state index is -0.798. The highest BCUT2D eigenvalue weighted by Gasteiger charge is 2.18. The molecule has 2 aromatic carbocycles. The fourth-order valence-electron chi connectivity index (χ4n) is 2.70. The number of benzene rings is 2. The van der Waals surface area contributed by atoms with E-state index in [-0.39, 0.29) is 11.7 Å². The van der Waals surface area contributed by atoms with Crippen LogP contribution >= 0.6 is 0 Å². The van der Waals surface area contributed by atoms with E-state index in [0.29, 0.717) is 24.0 Å². The number of halogens is 1. The Morgan fingerprint density at radius 2 is 2.00 bits per heavy atom. The zero-order valence-electron chi connectivity index (χ0n) is 11.7. The molecule has 1 heterocycles. The van der Waals surface area contributed by atoms with Crippen LogP contribution in [0.1, 0.15) is 34.8 Å². The number of amides is 1. The first-order valence-corrected chi connectivity index (χ1v) is 6.91. The van der Waals surface area contributed by atoms with E-state index in [2.05, 4.69) is 5.32 Å². The summed E-state index contributed by atoms with van der Waals surface area (Å²) >= 11 is 0. The molecule has 3 rings (SSSR count). The normalized spacial score (nSPS) is 15.3. The monoisotopic (exact) mass is 285 g/mol. The molecule has 2 N–H and O–H groups in total. The Morgan fingerprint density at radius 1 is 1.19 bits per heavy atom. The van der Waals surface area contributed by atoms with Gasteiger partial charge in [-0.05, 0) is 53.8 Å². The summed E-state index contributed by atoms with van der Waals surface area (Å²) in [6.45, 7) is 1.78. The maximum atomic E-state index is 13.2. The van der Waals surface area contributed by atoms with Crippen molar-refractivity contribution in [1.82, 2.24) is 0 Å². The molecule has 1 unspecified atom stereocenters. The number of hydrogen-bond acceptors (Lipinski definition) is 2. The molecule has 0 saturated heterocycles. The molecule has 0 fully saturated rings. The summed E-state index contributed by atoms with van der Waals surface area (Å²) in [4.78, 5) is 11.3. The first-order chi connectivity index (χ1) is 10.0. The summed E-state index contributed by atoms with van der Waals surface area (Å²) in [5.41, 5.74) is 3.98. The summed E-state index contributed by atoms with van der Waals surface area (Å²) in [5, 5.41) is 13.3. The maximum Gasteiger partial charge on any atom is 0.224 e. The van der Waals surface area contributed by atoms with Gasteiger partial charge in [-0.1, -0.05) is 18.2 Å². The Balaban J connectivity index is 1.95. The number of aryl methyl sites for hydroxylation is 2. The van der Waals surface area contributed by atoms with Gasteiger partial charge < -0.3 is 10.4 Å². The topological polar surface area (TPSA) is 49.3 Å². The van der Waals surface area contributed by atoms with Crippen molar-refractivity contribution >= 4 is 11.6 Å². The number of nitrogens with one attached hydrogen (secondary N) is 1. The van der Waals surface area contributed by atoms with Gasteiger partial charge in [-0.15, -0.1) is 0 Å². The molecule has 0 saturated carbocycles. The van der Waals surface area contributed by atoms with Gasteiger partial charge in [0.1, 0.15) is 11.9 Å². The highest BCUT2D eigenvalue weighted by atomic mass is 19.1. The van der Waals surface area contributed by atoms with Crippen LogP contribution in [0.25, 0.3) is 0 Å². The van der Waals surface area contributed by atoms with E-state index in [1.54, 1.807) is 19.1 Å². The quantitative estimate of drug-likeness (QED) is 0.890. The van der Waals surface area contributed by atoms with E-state index in [1.165, 1.54) is 12.1 Å². The van der Waals surface area contributed by atoms with Gasteiger partial charge in [0.05, 0.1) is 0 Å². The highest BCUT2D eigenvalue weighted by Crippen LogP contribution is 2.30. The molecular weight excluding hydrogens is 269 g/mol. The Morgan fingerprint density at radius 3 is 2.76 bits per heavy atom. The average Bonchev–Trinajstić information content (AvgIpc) is 2.46. The van der Waals surface area contributed by atoms with Crippen molar-refractivity contribution < 1.29 is 14.3 Å². The Kier molecular flexibility index (Phi) is 3.47. The molecule has 1 aliphatic rings. The fraction of sp³-hybridized carbons (Fsp3) is 0.235. The molecule has 4 heteroatoms. The van der Waals surface area contributed by atoms with Crippen LogP contribution in [-0.2, 0) is 11.2 Å². The molecule has 1 aliphatic heterocycles. The summed E-state index contributed by atoms with van der Waals surface area (Å²) < 4.78 is 13.2. The fourth-order valence-corrected chi connectivity index (χ4v) is 2.70. The van der Waals surface area contributed by atoms with Crippen LogP contribution in [-0.4, -0.2) is 11.0 Å². The minimum Gasteiger partial charge on any atom is -0.384 e. The predicted octanol–water partition coefficient (Wildman–Crippen LogP) is 3.10. The first-order valence-electron chi connectivity index (χ1n) is 6.91. The Bertz CT molecular complexity index is 712. The van der Waals surface area contributed by atoms with Gasteiger partial charge in [0, 0.05) is 12.1 Å². The number of aliphatic hydroxyl groups is 1. The molecular formula is C17H16FNO2. The van der Waals surface area contributed by atoms with Crippen LogP contribution in [0.3, 0.4) is 0 Å². The molecule has 1 atom stereocenters. The lowest BCUT2D eigenvalue weighted by Gasteiger charge is -2.20. The van der Waals surface area contributed by atoms with Gasteiger partial charge in [0.15, 0.2) is 0 Å². The van der Waals surface area contributed by atoms with Gasteiger partial charge in [-0.25, -0.2) is 4.39 Å². The van der Waals surface area contributed by atoms with Crippen LogP contribution in [0.4, 0.5) is 10.1 Å². The SMILES string of the molecule is Cc1cc(F)ccc1C(O)c1ccc2c(c1)CCC(=O)N2. The number of anilines is 1. The van der Waals surface area contributed by atoms with Gasteiger partial charge in [-0.3, -0.25) is 4.79 Å². The molecule has 108 valence electrons. The molecule has 0 radical (unpaired) electrons. The molecule has 0 aromatic heterocycles. The summed E-state index contributed by atoms with van der Waals surface area (Å²) in [6, 6.07) is 9.88. The molecule has 0 spiro atoms. The van der Waals surface area contributed by atoms with Gasteiger partial charge >= 0.3 is 0 Å². The Labute approximate surface area is 122 Å². The number of carbonyl (C=O) groups is 1. The lowest BCUT2D eigenvalue weighted by molar-refractivity contribution is -0.116. The van der Waals surface area contributed by atoms with Gasteiger partial charge in [-0.2, -0.15) is 0 Å². The minimum absolute atomic E-state index is 0.0187. The summed E-state index contributed by atoms with van der Waals surface area (Å²) in [6.07, 6.45) is 0.334. The zero-order valence-corrected chi connectivity index (χ0v) is 11.7. The van der Waals surface area contributed by atoms with E-state index in [4.69, 9.17) is 0 Å². The van der Waals surface area contributed by atoms with Crippen molar-refractivity contribution in [2.75, 3.05) is 5.32 Å². The zero-order chi connectivity index (χ0) is 15.0. The van der Waals surface area contributed by atoms with E-state index in [1.807, 2.05) is 12.1 Å². The third kappa shape index (κ3) is 2.67. The molecule has 0 bridgehead atoms. The molecule has 0 aliphatic carbocycles. The second-order valence-corrected chi connectivity index (χ2v) is 5.37. The predicted molar refractivity (Wildman–Crippen MR) is 78.6 cm³/mol. The van der Waals surface area contributed by atoms with Crippen molar-refractivity contribution in [3.63, 3.8) is 0 Å². The maximum absolute atomic E-state index is 13.2. The number of carbonyl (C=O) groups excluding carboxylic acids is 1. The largest absolute Gasteiger partial charge is 0.384 e. The van der Waals surface area contributed by atoms with E-state index < -0.39 is 6.10 Å². The average molecular weight is 285 g/mol. The molecule has 1 amide bonds. The van der Waals surface area contributed by atoms with Crippen molar-refractivity contribution in [2.45, 2.75) is 25.9 Å². The third-order valence-electron chi connectivity index (χ3n) is 3.87. The third-order valence-corrected chi connectivity index (χ3v) is 3.87. The number of rotatable bonds is 2. The van der Waals surface area contributed by atoms with E-state index >= 15 is 0 Å². The smallest absolute Gasteiger partial charge is 0.224 e. The van der Waals surface area contributed by atoms with Crippen molar-refractivity contribution in [3.05, 3.63) is 64.5 Å². The number of fused-ring (bicyclic) bond motifs is 1. The molecule has 21 heavy (non-hydrogen) atoms. The van der Waals surface area contributed by atoms with Crippen LogP contribution in [0.2, 0.25) is 0 Å². The highest BCUT2D eigenvalue weighted by molar-refractivity contribution is 5.93. The van der Waals surface area contributed by atoms with E-state index in [9.17, 15) is 14.3 Å². The lowest BCUT2D eigenvalue weighted by atomic mass is 9.93. The van der Waals surface area contributed by atoms with Crippen molar-refractivity contribution in [3.8, 4) is 0 Å². The van der Waals surface area contributed by atoms with Crippen molar-refractivity contribution in [2.24, 2.45) is 0 Å². The molecule has 3 nitrogen and oxygen atoms in total. The second-order valence-electron chi connectivity index (χ2n) is 5.37. The lowest BCUT2D eigenvalue weighted by Crippen LogP contribution is -2.19. The van der Waals surface area contributed by atoms with Gasteiger partial charge in [0.25, 0.3) is 0 Å². The van der Waals surface area contributed by atoms with Gasteiger partial charge in [0.2, 0.25) is 5.91 Å². The van der Waals surface area contributed by atoms with Crippen LogP contribution < -0.4 is 5.32 Å². The molecule has 2 aromatic rings. The van der Waals surface area contributed by atoms with Crippen LogP contribution in [0, 0.1) is 12.7 Å². The van der Waals surface area contributed by atoms with Crippen LogP contribution in [0.15, 0.2) is 36.4 Å². The first kappa shape index (κ1) is 13.8. The van der Waals surface area contributed by atoms with Crippen LogP contribution in [0.5, 0.6) is 0 Å². The number of aliphatic hydroxyl groups excluding tert-OH is 1. The summed E-state index contributed by atoms with van der Waals surface area (Å²) in [7, 11) is 0. The number of hydrogen-bond donors (Lipinski definition) is 2. The van der Waals surface area contributed by atoms with E-state index in [0.717, 1.165) is 16.8 Å². The standard InChI is InChI=1S/C17H16FNO2/c1-10-8-13(18)4-5-14(10)17(21)12-2-6-15-11(9-12)3-7-16(20)19-15/h2,4-6,8-9,17,21H,3,7H2,1H3,(H,19,20). The Hall–Kier alpha value is -2.20. The van der Waals surface area contributed by atoms with Crippen molar-refractivity contribution in [1.29, 1.82) is 0 Å². The summed E-state index contributed by atoms with van der Waals surface area (Å²) in [5.74, 6) is -0.290. The second kappa shape index (κ2) is 5.30.